The highest BCUT2D eigenvalue weighted by atomic mass is 19.2. The van der Waals surface area contributed by atoms with Crippen LogP contribution in [-0.4, -0.2) is 33.7 Å². The Balaban J connectivity index is 2.26. The number of nitrogens with zero attached hydrogens (tertiary/aromatic N) is 3. The Bertz CT molecular complexity index is 1170. The van der Waals surface area contributed by atoms with Gasteiger partial charge in [0.05, 0.1) is 18.2 Å². The normalized spacial score (nSPS) is 17.6. The fourth-order valence-electron chi connectivity index (χ4n) is 5.48. The van der Waals surface area contributed by atoms with Gasteiger partial charge < -0.3 is 22.3 Å². The first kappa shape index (κ1) is 20.6. The summed E-state index contributed by atoms with van der Waals surface area (Å²) in [5.41, 5.74) is 7.68. The minimum absolute atomic E-state index is 0.441. The van der Waals surface area contributed by atoms with Gasteiger partial charge in [-0.15, -0.1) is 0 Å². The van der Waals surface area contributed by atoms with E-state index in [1.54, 1.807) is 27.2 Å². The molecule has 4 nitrogen and oxygen atoms in total. The average Bonchev–Trinajstić information content (AvgIpc) is 3.13. The van der Waals surface area contributed by atoms with Crippen LogP contribution in [0.4, 0.5) is 8.63 Å². The fraction of sp³-hybridized carbons (Fsp3) is 0.391. The predicted octanol–water partition coefficient (Wildman–Crippen LogP) is 5.28. The molecule has 158 valence electrons. The maximum absolute atomic E-state index is 16.2. The monoisotopic (exact) mass is 411 g/mol. The quantitative estimate of drug-likeness (QED) is 0.641. The first-order valence-corrected chi connectivity index (χ1v) is 10.5. The molecule has 4 heterocycles. The zero-order chi connectivity index (χ0) is 22.0. The fourth-order valence-corrected chi connectivity index (χ4v) is 5.48. The second kappa shape index (κ2) is 6.93. The van der Waals surface area contributed by atoms with E-state index in [0.717, 1.165) is 33.4 Å². The lowest BCUT2D eigenvalue weighted by Gasteiger charge is -2.34. The summed E-state index contributed by atoms with van der Waals surface area (Å²) in [7, 11) is 1.57. The maximum atomic E-state index is 16.2. The Morgan fingerprint density at radius 3 is 2.43 bits per heavy atom. The first-order valence-electron chi connectivity index (χ1n) is 10.5. The summed E-state index contributed by atoms with van der Waals surface area (Å²) in [5, 5.41) is 0. The lowest BCUT2D eigenvalue weighted by molar-refractivity contribution is -0.363. The number of halogens is 2. The molecule has 0 unspecified atom stereocenters. The lowest BCUT2D eigenvalue weighted by atomic mass is 9.84. The van der Waals surface area contributed by atoms with Gasteiger partial charge in [0, 0.05) is 30.0 Å². The van der Waals surface area contributed by atoms with Crippen LogP contribution in [0.5, 0.6) is 5.88 Å². The Morgan fingerprint density at radius 2 is 1.83 bits per heavy atom. The molecule has 4 rings (SSSR count). The second-order valence-electron chi connectivity index (χ2n) is 8.05. The van der Waals surface area contributed by atoms with Gasteiger partial charge in [0.25, 0.3) is 0 Å². The summed E-state index contributed by atoms with van der Waals surface area (Å²) in [6.07, 6.45) is 3.07. The molecule has 7 heteroatoms. The molecule has 0 saturated heterocycles. The van der Waals surface area contributed by atoms with Crippen LogP contribution in [0.2, 0.25) is 0 Å². The summed E-state index contributed by atoms with van der Waals surface area (Å²) in [4.78, 5) is 4.37. The highest BCUT2D eigenvalue weighted by Gasteiger charge is 2.57. The molecule has 0 N–H and O–H groups in total. The van der Waals surface area contributed by atoms with Crippen molar-refractivity contribution in [1.82, 2.24) is 9.46 Å². The first-order chi connectivity index (χ1) is 14.2. The van der Waals surface area contributed by atoms with Crippen LogP contribution in [0, 0.1) is 13.8 Å². The zero-order valence-corrected chi connectivity index (χ0v) is 18.7. The summed E-state index contributed by atoms with van der Waals surface area (Å²) < 4.78 is 40.4. The van der Waals surface area contributed by atoms with Gasteiger partial charge in [-0.25, -0.2) is 4.98 Å². The third kappa shape index (κ3) is 2.44. The van der Waals surface area contributed by atoms with Crippen molar-refractivity contribution in [3.8, 4) is 5.88 Å². The van der Waals surface area contributed by atoms with Crippen molar-refractivity contribution < 1.29 is 17.9 Å². The number of pyridine rings is 1. The van der Waals surface area contributed by atoms with Gasteiger partial charge in [-0.05, 0) is 62.6 Å². The minimum Gasteiger partial charge on any atom is -0.481 e. The van der Waals surface area contributed by atoms with Gasteiger partial charge in [-0.2, -0.15) is 0 Å². The van der Waals surface area contributed by atoms with E-state index >= 15 is 8.63 Å². The number of aromatic nitrogens is 2. The molecular weight excluding hydrogens is 383 g/mol. The molecule has 0 amide bonds. The molecule has 0 fully saturated rings. The van der Waals surface area contributed by atoms with Crippen molar-refractivity contribution in [2.45, 2.75) is 54.4 Å². The van der Waals surface area contributed by atoms with Crippen molar-refractivity contribution in [1.29, 1.82) is 0 Å². The molecule has 0 radical (unpaired) electrons. The summed E-state index contributed by atoms with van der Waals surface area (Å²) in [6, 6.07) is 3.74. The van der Waals surface area contributed by atoms with Crippen LogP contribution in [0.15, 0.2) is 35.2 Å². The smallest absolute Gasteiger partial charge is 0.481 e. The summed E-state index contributed by atoms with van der Waals surface area (Å²) in [6.45, 7) is 7.53. The van der Waals surface area contributed by atoms with E-state index in [-0.39, 0.29) is 0 Å². The van der Waals surface area contributed by atoms with Crippen molar-refractivity contribution in [2.75, 3.05) is 7.11 Å². The van der Waals surface area contributed by atoms with E-state index in [0.29, 0.717) is 41.5 Å². The predicted molar refractivity (Wildman–Crippen MR) is 117 cm³/mol. The molecule has 0 aliphatic carbocycles. The van der Waals surface area contributed by atoms with Crippen LogP contribution in [0.1, 0.15) is 62.2 Å². The molecule has 30 heavy (non-hydrogen) atoms. The average molecular weight is 411 g/mol. The van der Waals surface area contributed by atoms with Crippen LogP contribution >= 0.6 is 0 Å². The summed E-state index contributed by atoms with van der Waals surface area (Å²) >= 11 is 0. The molecule has 0 atom stereocenters. The van der Waals surface area contributed by atoms with Crippen molar-refractivity contribution in [3.05, 3.63) is 63.3 Å². The van der Waals surface area contributed by atoms with Crippen LogP contribution in [0.3, 0.4) is 0 Å². The molecule has 0 bridgehead atoms. The highest BCUT2D eigenvalue weighted by Crippen LogP contribution is 2.48. The maximum Gasteiger partial charge on any atom is 0.737 e. The molecule has 0 saturated carbocycles. The molecule has 0 spiro atoms. The molecule has 2 aliphatic heterocycles. The lowest BCUT2D eigenvalue weighted by Crippen LogP contribution is -2.51. The van der Waals surface area contributed by atoms with Gasteiger partial charge in [0.1, 0.15) is 5.71 Å². The Hall–Kier alpha value is -2.70. The highest BCUT2D eigenvalue weighted by molar-refractivity contribution is 6.58. The minimum atomic E-state index is -4.02. The van der Waals surface area contributed by atoms with E-state index in [2.05, 4.69) is 4.98 Å². The largest absolute Gasteiger partial charge is 0.737 e. The number of fused-ring (bicyclic) bond motifs is 2. The number of rotatable bonds is 4. The number of methoxy groups -OCH3 is 1. The Kier molecular flexibility index (Phi) is 4.75. The Morgan fingerprint density at radius 1 is 1.13 bits per heavy atom. The third-order valence-corrected chi connectivity index (χ3v) is 6.73. The van der Waals surface area contributed by atoms with Gasteiger partial charge in [-0.1, -0.05) is 13.8 Å². The number of hydrogen-bond acceptors (Lipinski definition) is 2. The van der Waals surface area contributed by atoms with E-state index in [4.69, 9.17) is 4.74 Å². The standard InChI is InChI=1S/C23H28BF2N3O/c1-8-17-13(3)21-20(19-11-10-12-27-23(19)30-7)22-14(4)18(9-2)16(6)29(22)24(25,26)28(21)15(17)5/h10-12H,8-9H2,1-7H3. The van der Waals surface area contributed by atoms with E-state index in [1.165, 1.54) is 8.96 Å². The molecule has 2 aliphatic rings. The van der Waals surface area contributed by atoms with Gasteiger partial charge >= 0.3 is 6.97 Å². The summed E-state index contributed by atoms with van der Waals surface area (Å²) in [5.74, 6) is 0.441. The Labute approximate surface area is 176 Å². The van der Waals surface area contributed by atoms with Gasteiger partial charge in [0.2, 0.25) is 5.88 Å². The molecular formula is C23H28BF2N3O. The van der Waals surface area contributed by atoms with Crippen LogP contribution < -0.4 is 4.74 Å². The topological polar surface area (TPSA) is 30.1 Å². The van der Waals surface area contributed by atoms with E-state index in [9.17, 15) is 0 Å². The van der Waals surface area contributed by atoms with Crippen molar-refractivity contribution in [3.63, 3.8) is 0 Å². The molecule has 2 aromatic rings. The zero-order valence-electron chi connectivity index (χ0n) is 18.7. The van der Waals surface area contributed by atoms with E-state index < -0.39 is 6.97 Å². The van der Waals surface area contributed by atoms with Crippen LogP contribution in [-0.2, 0) is 6.42 Å². The van der Waals surface area contributed by atoms with E-state index in [1.807, 2.05) is 39.8 Å². The molecule has 0 aromatic carbocycles. The van der Waals surface area contributed by atoms with Crippen molar-refractivity contribution in [2.24, 2.45) is 0 Å². The molecule has 2 aromatic heterocycles. The van der Waals surface area contributed by atoms with Crippen molar-refractivity contribution >= 4 is 18.3 Å². The number of allylic oxidation sites excluding steroid dienone is 2. The second-order valence-corrected chi connectivity index (χ2v) is 8.05. The third-order valence-electron chi connectivity index (χ3n) is 6.73. The van der Waals surface area contributed by atoms with Crippen LogP contribution in [0.25, 0.3) is 5.57 Å². The van der Waals surface area contributed by atoms with Gasteiger partial charge in [0.15, 0.2) is 5.70 Å². The van der Waals surface area contributed by atoms with Gasteiger partial charge in [-0.3, -0.25) is 0 Å². The SMILES string of the molecule is CCC1=C(C)C2=C(c3cccnc3OC)c3c(C)c(CC)c(C)n3[B-](F)(F)[N+]2=C1C. The number of hydrogen-bond donors (Lipinski definition) is 0. The number of ether oxygens (including phenoxy) is 1.